The van der Waals surface area contributed by atoms with Crippen LogP contribution in [0.5, 0.6) is 0 Å². The molecule has 0 aliphatic carbocycles. The van der Waals surface area contributed by atoms with Gasteiger partial charge in [-0.1, -0.05) is 23.4 Å². The monoisotopic (exact) mass is 423 g/mol. The van der Waals surface area contributed by atoms with Crippen LogP contribution in [0.3, 0.4) is 0 Å². The van der Waals surface area contributed by atoms with Crippen LogP contribution in [0, 0.1) is 6.92 Å². The first-order chi connectivity index (χ1) is 14.4. The Hall–Kier alpha value is -3.85. The number of anilines is 2. The number of fused-ring (bicyclic) bond motifs is 1. The van der Waals surface area contributed by atoms with Gasteiger partial charge in [-0.3, -0.25) is 9.52 Å². The van der Waals surface area contributed by atoms with Crippen molar-refractivity contribution in [2.75, 3.05) is 10.0 Å². The summed E-state index contributed by atoms with van der Waals surface area (Å²) in [5.41, 5.74) is 1.26. The summed E-state index contributed by atoms with van der Waals surface area (Å²) in [6.07, 6.45) is 2.81. The molecule has 2 aromatic heterocycles. The molecule has 0 amide bonds. The van der Waals surface area contributed by atoms with Crippen molar-refractivity contribution < 1.29 is 22.2 Å². The molecular formula is C21H17N3O5S. The number of furan rings is 1. The Morgan fingerprint density at radius 1 is 1.07 bits per heavy atom. The summed E-state index contributed by atoms with van der Waals surface area (Å²) >= 11 is 0. The van der Waals surface area contributed by atoms with Crippen LogP contribution >= 0.6 is 0 Å². The van der Waals surface area contributed by atoms with Crippen LogP contribution in [0.2, 0.25) is 0 Å². The van der Waals surface area contributed by atoms with Crippen molar-refractivity contribution in [3.8, 4) is 0 Å². The Labute approximate surface area is 172 Å². The molecule has 0 aliphatic heterocycles. The van der Waals surface area contributed by atoms with E-state index in [1.807, 2.05) is 18.2 Å². The Kier molecular flexibility index (Phi) is 5.11. The Morgan fingerprint density at radius 3 is 2.53 bits per heavy atom. The van der Waals surface area contributed by atoms with E-state index < -0.39 is 10.0 Å². The molecular weight excluding hydrogens is 406 g/mol. The Balaban J connectivity index is 1.40. The van der Waals surface area contributed by atoms with Gasteiger partial charge in [-0.05, 0) is 43.3 Å². The minimum atomic E-state index is -3.78. The number of nitrogens with one attached hydrogen (secondary N) is 2. The molecule has 4 rings (SSSR count). The maximum absolute atomic E-state index is 12.4. The second-order valence-electron chi connectivity index (χ2n) is 6.44. The van der Waals surface area contributed by atoms with Gasteiger partial charge in [-0.2, -0.15) is 0 Å². The van der Waals surface area contributed by atoms with Crippen LogP contribution in [0.25, 0.3) is 11.0 Å². The highest BCUT2D eigenvalue weighted by Crippen LogP contribution is 2.20. The third-order valence-corrected chi connectivity index (χ3v) is 5.56. The molecule has 8 nitrogen and oxygen atoms in total. The first kappa shape index (κ1) is 19.5. The molecule has 0 spiro atoms. The van der Waals surface area contributed by atoms with E-state index in [1.165, 1.54) is 30.5 Å². The van der Waals surface area contributed by atoms with Crippen molar-refractivity contribution in [3.05, 3.63) is 84.5 Å². The number of allylic oxidation sites excluding steroid dienone is 1. The van der Waals surface area contributed by atoms with E-state index in [0.29, 0.717) is 17.0 Å². The van der Waals surface area contributed by atoms with Gasteiger partial charge in [0.15, 0.2) is 11.6 Å². The lowest BCUT2D eigenvalue weighted by atomic mass is 10.2. The summed E-state index contributed by atoms with van der Waals surface area (Å²) in [5, 5.41) is 7.39. The summed E-state index contributed by atoms with van der Waals surface area (Å²) < 4.78 is 37.5. The number of sulfonamides is 1. The van der Waals surface area contributed by atoms with Gasteiger partial charge in [0, 0.05) is 29.4 Å². The summed E-state index contributed by atoms with van der Waals surface area (Å²) in [5.74, 6) is 0.563. The lowest BCUT2D eigenvalue weighted by molar-refractivity contribution is 0.102. The Morgan fingerprint density at radius 2 is 1.83 bits per heavy atom. The number of carbonyl (C=O) groups is 1. The van der Waals surface area contributed by atoms with Crippen molar-refractivity contribution in [1.29, 1.82) is 0 Å². The summed E-state index contributed by atoms with van der Waals surface area (Å²) in [6, 6.07) is 16.6. The van der Waals surface area contributed by atoms with E-state index in [1.54, 1.807) is 31.2 Å². The van der Waals surface area contributed by atoms with E-state index in [4.69, 9.17) is 8.94 Å². The molecule has 30 heavy (non-hydrogen) atoms. The zero-order valence-electron chi connectivity index (χ0n) is 15.8. The van der Waals surface area contributed by atoms with Crippen molar-refractivity contribution in [3.63, 3.8) is 0 Å². The largest absolute Gasteiger partial charge is 0.453 e. The molecule has 0 bridgehead atoms. The maximum atomic E-state index is 12.4. The number of aromatic nitrogens is 1. The fourth-order valence-corrected chi connectivity index (χ4v) is 3.72. The number of benzene rings is 2. The topological polar surface area (TPSA) is 114 Å². The molecule has 152 valence electrons. The SMILES string of the molecule is Cc1cc(NS(=O)(=O)c2ccc(N/C=C/C(=O)c3cc4ccccc4o3)cc2)no1. The number of para-hydroxylation sites is 1. The standard InChI is InChI=1S/C21H17N3O5S/c1-14-12-21(23-29-14)24-30(26,27)17-8-6-16(7-9-17)22-11-10-18(25)20-13-15-4-2-3-5-19(15)28-20/h2-13,22H,1H3,(H,23,24)/b11-10+. The van der Waals surface area contributed by atoms with Gasteiger partial charge in [-0.25, -0.2) is 8.42 Å². The van der Waals surface area contributed by atoms with Gasteiger partial charge < -0.3 is 14.3 Å². The molecule has 2 N–H and O–H groups in total. The number of aryl methyl sites for hydroxylation is 1. The predicted molar refractivity (Wildman–Crippen MR) is 112 cm³/mol. The molecule has 0 saturated carbocycles. The van der Waals surface area contributed by atoms with E-state index in [-0.39, 0.29) is 22.3 Å². The zero-order valence-corrected chi connectivity index (χ0v) is 16.6. The van der Waals surface area contributed by atoms with Crippen LogP contribution in [-0.2, 0) is 10.0 Å². The highest BCUT2D eigenvalue weighted by molar-refractivity contribution is 7.92. The van der Waals surface area contributed by atoms with Crippen LogP contribution in [0.1, 0.15) is 16.3 Å². The minimum absolute atomic E-state index is 0.0658. The number of ketones is 1. The van der Waals surface area contributed by atoms with Crippen LogP contribution in [0.15, 0.2) is 86.8 Å². The smallest absolute Gasteiger partial charge is 0.263 e. The first-order valence-corrected chi connectivity index (χ1v) is 10.4. The fourth-order valence-electron chi connectivity index (χ4n) is 2.74. The van der Waals surface area contributed by atoms with Gasteiger partial charge in [0.05, 0.1) is 4.90 Å². The van der Waals surface area contributed by atoms with Crippen LogP contribution < -0.4 is 10.0 Å². The molecule has 0 fully saturated rings. The number of hydrogen-bond donors (Lipinski definition) is 2. The average Bonchev–Trinajstić information content (AvgIpc) is 3.34. The Bertz CT molecular complexity index is 1300. The van der Waals surface area contributed by atoms with Gasteiger partial charge in [-0.15, -0.1) is 0 Å². The van der Waals surface area contributed by atoms with Gasteiger partial charge >= 0.3 is 0 Å². The number of hydrogen-bond acceptors (Lipinski definition) is 7. The molecule has 2 aromatic carbocycles. The van der Waals surface area contributed by atoms with Crippen molar-refractivity contribution in [1.82, 2.24) is 5.16 Å². The lowest BCUT2D eigenvalue weighted by Crippen LogP contribution is -2.13. The quantitative estimate of drug-likeness (QED) is 0.336. The van der Waals surface area contributed by atoms with Crippen molar-refractivity contribution >= 4 is 38.3 Å². The summed E-state index contributed by atoms with van der Waals surface area (Å²) in [4.78, 5) is 12.3. The summed E-state index contributed by atoms with van der Waals surface area (Å²) in [6.45, 7) is 1.66. The molecule has 9 heteroatoms. The number of nitrogens with zero attached hydrogens (tertiary/aromatic N) is 1. The molecule has 4 aromatic rings. The second kappa shape index (κ2) is 7.88. The van der Waals surface area contributed by atoms with Gasteiger partial charge in [0.1, 0.15) is 11.3 Å². The molecule has 0 atom stereocenters. The average molecular weight is 423 g/mol. The second-order valence-corrected chi connectivity index (χ2v) is 8.13. The van der Waals surface area contributed by atoms with Crippen LogP contribution in [-0.4, -0.2) is 19.4 Å². The van der Waals surface area contributed by atoms with E-state index in [9.17, 15) is 13.2 Å². The van der Waals surface area contributed by atoms with E-state index in [2.05, 4.69) is 15.2 Å². The number of carbonyl (C=O) groups excluding carboxylic acids is 1. The highest BCUT2D eigenvalue weighted by Gasteiger charge is 2.16. The molecule has 0 aliphatic rings. The normalized spacial score (nSPS) is 11.8. The fraction of sp³-hybridized carbons (Fsp3) is 0.0476. The molecule has 0 radical (unpaired) electrons. The molecule has 0 saturated heterocycles. The molecule has 2 heterocycles. The lowest BCUT2D eigenvalue weighted by Gasteiger charge is -2.06. The number of rotatable bonds is 7. The maximum Gasteiger partial charge on any atom is 0.263 e. The van der Waals surface area contributed by atoms with Crippen molar-refractivity contribution in [2.45, 2.75) is 11.8 Å². The van der Waals surface area contributed by atoms with E-state index >= 15 is 0 Å². The third-order valence-electron chi connectivity index (χ3n) is 4.18. The zero-order chi connectivity index (χ0) is 21.1. The van der Waals surface area contributed by atoms with Gasteiger partial charge in [0.2, 0.25) is 5.78 Å². The highest BCUT2D eigenvalue weighted by atomic mass is 32.2. The first-order valence-electron chi connectivity index (χ1n) is 8.93. The van der Waals surface area contributed by atoms with Crippen molar-refractivity contribution in [2.24, 2.45) is 0 Å². The minimum Gasteiger partial charge on any atom is -0.453 e. The predicted octanol–water partition coefficient (Wildman–Crippen LogP) is 4.34. The third kappa shape index (κ3) is 4.26. The van der Waals surface area contributed by atoms with E-state index in [0.717, 1.165) is 5.39 Å². The summed E-state index contributed by atoms with van der Waals surface area (Å²) in [7, 11) is -3.78. The molecule has 0 unspecified atom stereocenters. The van der Waals surface area contributed by atoms with Gasteiger partial charge in [0.25, 0.3) is 10.0 Å². The van der Waals surface area contributed by atoms with Crippen LogP contribution in [0.4, 0.5) is 11.5 Å².